The molecule has 32 heavy (non-hydrogen) atoms. The Hall–Kier alpha value is -4.32. The third-order valence-electron chi connectivity index (χ3n) is 4.48. The monoisotopic (exact) mass is 431 g/mol. The van der Waals surface area contributed by atoms with Crippen molar-refractivity contribution in [2.45, 2.75) is 9.79 Å². The summed E-state index contributed by atoms with van der Waals surface area (Å²) in [7, 11) is 0. The van der Waals surface area contributed by atoms with Crippen molar-refractivity contribution in [3.8, 4) is 17.9 Å². The highest BCUT2D eigenvalue weighted by atomic mass is 32.2. The molecule has 0 bridgehead atoms. The molecule has 1 N–H and O–H groups in total. The zero-order chi connectivity index (χ0) is 22.2. The number of nitrogens with one attached hydrogen (secondary N) is 1. The lowest BCUT2D eigenvalue weighted by Crippen LogP contribution is -2.13. The lowest BCUT2D eigenvalue weighted by atomic mass is 10.1. The molecule has 0 aliphatic carbocycles. The van der Waals surface area contributed by atoms with Crippen molar-refractivity contribution >= 4 is 23.4 Å². The van der Waals surface area contributed by atoms with Gasteiger partial charge in [0.25, 0.3) is 5.91 Å². The van der Waals surface area contributed by atoms with Gasteiger partial charge in [-0.05, 0) is 60.5 Å². The maximum atomic E-state index is 13.0. The molecule has 1 heterocycles. The number of rotatable bonds is 4. The van der Waals surface area contributed by atoms with E-state index in [-0.39, 0.29) is 5.91 Å². The fourth-order valence-electron chi connectivity index (χ4n) is 2.96. The molecule has 0 saturated carbocycles. The Labute approximate surface area is 191 Å². The minimum Gasteiger partial charge on any atom is -0.322 e. The van der Waals surface area contributed by atoms with Gasteiger partial charge in [-0.3, -0.25) is 4.79 Å². The zero-order valence-corrected chi connectivity index (χ0v) is 17.8. The van der Waals surface area contributed by atoms with Crippen LogP contribution in [-0.4, -0.2) is 10.9 Å². The fraction of sp³-hybridized carbons (Fsp3) is 0. The van der Waals surface area contributed by atoms with Crippen molar-refractivity contribution in [2.75, 3.05) is 5.32 Å². The number of carbonyl (C=O) groups excluding carboxylic acids is 1. The van der Waals surface area contributed by atoms with Crippen LogP contribution in [0.5, 0.6) is 0 Å². The van der Waals surface area contributed by atoms with E-state index in [1.54, 1.807) is 18.3 Å². The molecule has 4 rings (SSSR count). The second-order valence-electron chi connectivity index (χ2n) is 6.71. The summed E-state index contributed by atoms with van der Waals surface area (Å²) in [5, 5.41) is 12.3. The Morgan fingerprint density at radius 3 is 2.44 bits per heavy atom. The average molecular weight is 432 g/mol. The number of nitrogens with zero attached hydrogens (tertiary/aromatic N) is 2. The summed E-state index contributed by atoms with van der Waals surface area (Å²) in [5.74, 6) is 5.86. The van der Waals surface area contributed by atoms with E-state index in [1.807, 2.05) is 78.9 Å². The molecule has 0 spiro atoms. The Bertz CT molecular complexity index is 1360. The molecule has 4 aromatic rings. The summed E-state index contributed by atoms with van der Waals surface area (Å²) >= 11 is 1.40. The highest BCUT2D eigenvalue weighted by Crippen LogP contribution is 2.33. The number of carbonyl (C=O) groups is 1. The van der Waals surface area contributed by atoms with Crippen LogP contribution in [0.2, 0.25) is 0 Å². The largest absolute Gasteiger partial charge is 0.322 e. The number of hydrogen-bond donors (Lipinski definition) is 1. The van der Waals surface area contributed by atoms with Crippen LogP contribution in [-0.2, 0) is 0 Å². The van der Waals surface area contributed by atoms with Gasteiger partial charge in [-0.15, -0.1) is 0 Å². The molecule has 5 heteroatoms. The van der Waals surface area contributed by atoms with E-state index >= 15 is 0 Å². The molecule has 0 saturated heterocycles. The van der Waals surface area contributed by atoms with Crippen LogP contribution < -0.4 is 5.32 Å². The molecule has 0 atom stereocenters. The maximum Gasteiger partial charge on any atom is 0.256 e. The minimum atomic E-state index is -0.225. The van der Waals surface area contributed by atoms with Crippen LogP contribution in [0.1, 0.15) is 27.2 Å². The van der Waals surface area contributed by atoms with E-state index < -0.39 is 0 Å². The maximum absolute atomic E-state index is 13.0. The molecule has 3 aromatic carbocycles. The van der Waals surface area contributed by atoms with E-state index in [4.69, 9.17) is 0 Å². The van der Waals surface area contributed by atoms with Gasteiger partial charge in [0, 0.05) is 27.2 Å². The van der Waals surface area contributed by atoms with Crippen LogP contribution in [0, 0.1) is 23.2 Å². The molecule has 0 aliphatic rings. The predicted octanol–water partition coefficient (Wildman–Crippen LogP) is 5.76. The first-order valence-electron chi connectivity index (χ1n) is 9.83. The third kappa shape index (κ3) is 5.23. The number of anilines is 1. The first-order chi connectivity index (χ1) is 15.7. The van der Waals surface area contributed by atoms with Gasteiger partial charge in [0.15, 0.2) is 0 Å². The van der Waals surface area contributed by atoms with Gasteiger partial charge in [-0.1, -0.05) is 54.1 Å². The SMILES string of the molecule is N#Cc1ccccc1Sc1ccccc1C(=O)Nc1cccc(C#Cc2ccccn2)c1. The molecule has 0 aliphatic heterocycles. The van der Waals surface area contributed by atoms with Gasteiger partial charge < -0.3 is 5.32 Å². The number of nitriles is 1. The molecule has 152 valence electrons. The molecule has 1 aromatic heterocycles. The van der Waals surface area contributed by atoms with E-state index in [2.05, 4.69) is 28.2 Å². The number of pyridine rings is 1. The first kappa shape index (κ1) is 20.9. The fourth-order valence-corrected chi connectivity index (χ4v) is 3.98. The number of amides is 1. The van der Waals surface area contributed by atoms with E-state index in [9.17, 15) is 10.1 Å². The van der Waals surface area contributed by atoms with Crippen LogP contribution in [0.4, 0.5) is 5.69 Å². The smallest absolute Gasteiger partial charge is 0.256 e. The van der Waals surface area contributed by atoms with Gasteiger partial charge >= 0.3 is 0 Å². The van der Waals surface area contributed by atoms with E-state index in [1.165, 1.54) is 11.8 Å². The summed E-state index contributed by atoms with van der Waals surface area (Å²) in [5.41, 5.74) is 3.23. The number of benzene rings is 3. The lowest BCUT2D eigenvalue weighted by molar-refractivity contribution is 0.102. The normalized spacial score (nSPS) is 9.84. The second kappa shape index (κ2) is 10.1. The molecule has 0 unspecified atom stereocenters. The topological polar surface area (TPSA) is 65.8 Å². The predicted molar refractivity (Wildman–Crippen MR) is 126 cm³/mol. The molecule has 1 amide bonds. The Balaban J connectivity index is 1.54. The van der Waals surface area contributed by atoms with Crippen molar-refractivity contribution in [1.29, 1.82) is 5.26 Å². The van der Waals surface area contributed by atoms with Crippen LogP contribution in [0.25, 0.3) is 0 Å². The highest BCUT2D eigenvalue weighted by molar-refractivity contribution is 7.99. The molecular weight excluding hydrogens is 414 g/mol. The van der Waals surface area contributed by atoms with Crippen LogP contribution >= 0.6 is 11.8 Å². The van der Waals surface area contributed by atoms with Crippen LogP contribution in [0.3, 0.4) is 0 Å². The van der Waals surface area contributed by atoms with Crippen molar-refractivity contribution < 1.29 is 4.79 Å². The summed E-state index contributed by atoms with van der Waals surface area (Å²) in [6, 6.07) is 29.9. The van der Waals surface area contributed by atoms with Crippen molar-refractivity contribution in [3.63, 3.8) is 0 Å². The molecular formula is C27H17N3OS. The van der Waals surface area contributed by atoms with Gasteiger partial charge in [0.1, 0.15) is 11.8 Å². The summed E-state index contributed by atoms with van der Waals surface area (Å²) < 4.78 is 0. The molecule has 4 nitrogen and oxygen atoms in total. The standard InChI is InChI=1S/C27H17N3OS/c28-19-21-9-1-3-13-25(21)32-26-14-4-2-12-24(26)27(31)30-23-11-7-8-20(18-23)15-16-22-10-5-6-17-29-22/h1-14,17-18H,(H,30,31). The van der Waals surface area contributed by atoms with E-state index in [0.29, 0.717) is 22.5 Å². The Kier molecular flexibility index (Phi) is 6.63. The number of aromatic nitrogens is 1. The summed E-state index contributed by atoms with van der Waals surface area (Å²) in [4.78, 5) is 18.8. The lowest BCUT2D eigenvalue weighted by Gasteiger charge is -2.11. The summed E-state index contributed by atoms with van der Waals surface area (Å²) in [6.07, 6.45) is 1.70. The van der Waals surface area contributed by atoms with Crippen molar-refractivity contribution in [1.82, 2.24) is 4.98 Å². The summed E-state index contributed by atoms with van der Waals surface area (Å²) in [6.45, 7) is 0. The Morgan fingerprint density at radius 1 is 0.844 bits per heavy atom. The second-order valence-corrected chi connectivity index (χ2v) is 7.79. The van der Waals surface area contributed by atoms with Gasteiger partial charge in [-0.25, -0.2) is 4.98 Å². The van der Waals surface area contributed by atoms with Crippen molar-refractivity contribution in [3.05, 3.63) is 120 Å². The van der Waals surface area contributed by atoms with Crippen molar-refractivity contribution in [2.24, 2.45) is 0 Å². The van der Waals surface area contributed by atoms with Gasteiger partial charge in [-0.2, -0.15) is 5.26 Å². The third-order valence-corrected chi connectivity index (χ3v) is 5.63. The van der Waals surface area contributed by atoms with Crippen LogP contribution in [0.15, 0.2) is 107 Å². The van der Waals surface area contributed by atoms with Gasteiger partial charge in [0.05, 0.1) is 11.1 Å². The number of hydrogen-bond acceptors (Lipinski definition) is 4. The van der Waals surface area contributed by atoms with E-state index in [0.717, 1.165) is 15.4 Å². The Morgan fingerprint density at radius 2 is 1.62 bits per heavy atom. The molecule has 0 radical (unpaired) electrons. The minimum absolute atomic E-state index is 0.225. The highest BCUT2D eigenvalue weighted by Gasteiger charge is 2.14. The quantitative estimate of drug-likeness (QED) is 0.418. The average Bonchev–Trinajstić information content (AvgIpc) is 2.84. The first-order valence-corrected chi connectivity index (χ1v) is 10.6. The zero-order valence-electron chi connectivity index (χ0n) is 16.9. The van der Waals surface area contributed by atoms with Gasteiger partial charge in [0.2, 0.25) is 0 Å². The molecule has 0 fully saturated rings.